The van der Waals surface area contributed by atoms with Gasteiger partial charge in [0.1, 0.15) is 0 Å². The van der Waals surface area contributed by atoms with Gasteiger partial charge in [-0.3, -0.25) is 4.79 Å². The highest BCUT2D eigenvalue weighted by atomic mass is 32.2. The molecule has 1 N–H and O–H groups in total. The third-order valence-electron chi connectivity index (χ3n) is 3.11. The summed E-state index contributed by atoms with van der Waals surface area (Å²) < 4.78 is 0. The predicted octanol–water partition coefficient (Wildman–Crippen LogP) is 3.12. The zero-order valence-corrected chi connectivity index (χ0v) is 13.7. The normalized spacial score (nSPS) is 10.7. The van der Waals surface area contributed by atoms with Crippen molar-refractivity contribution in [3.8, 4) is 0 Å². The van der Waals surface area contributed by atoms with Crippen LogP contribution in [0.15, 0.2) is 24.3 Å². The van der Waals surface area contributed by atoms with Crippen LogP contribution in [0.3, 0.4) is 0 Å². The van der Waals surface area contributed by atoms with Gasteiger partial charge in [-0.2, -0.15) is 11.8 Å². The fourth-order valence-electron chi connectivity index (χ4n) is 1.70. The average Bonchev–Trinajstić information content (AvgIpc) is 2.43. The molecule has 21 heavy (non-hydrogen) atoms. The summed E-state index contributed by atoms with van der Waals surface area (Å²) in [6.45, 7) is 4.86. The Morgan fingerprint density at radius 1 is 1.24 bits per heavy atom. The SMILES string of the molecule is CC(C)CCSCC(=O)N(C)Cc1ccc(C(=O)O)cc1. The fraction of sp³-hybridized carbons (Fsp3) is 0.500. The number of carboxylic acid groups (broad SMARTS) is 1. The summed E-state index contributed by atoms with van der Waals surface area (Å²) in [6, 6.07) is 6.62. The first kappa shape index (κ1) is 17.6. The van der Waals surface area contributed by atoms with Crippen molar-refractivity contribution in [3.63, 3.8) is 0 Å². The third kappa shape index (κ3) is 6.67. The molecule has 0 saturated carbocycles. The lowest BCUT2D eigenvalue weighted by Gasteiger charge is -2.17. The van der Waals surface area contributed by atoms with E-state index < -0.39 is 5.97 Å². The largest absolute Gasteiger partial charge is 0.478 e. The molecule has 1 amide bonds. The molecule has 1 aromatic carbocycles. The Balaban J connectivity index is 2.39. The van der Waals surface area contributed by atoms with Crippen LogP contribution in [0.4, 0.5) is 0 Å². The molecule has 0 heterocycles. The number of amides is 1. The zero-order valence-electron chi connectivity index (χ0n) is 12.8. The van der Waals surface area contributed by atoms with Crippen molar-refractivity contribution in [2.75, 3.05) is 18.6 Å². The van der Waals surface area contributed by atoms with Crippen LogP contribution in [0.1, 0.15) is 36.2 Å². The molecule has 0 aliphatic carbocycles. The van der Waals surface area contributed by atoms with Crippen molar-refractivity contribution in [3.05, 3.63) is 35.4 Å². The summed E-state index contributed by atoms with van der Waals surface area (Å²) in [5, 5.41) is 8.84. The Bertz CT molecular complexity index is 471. The monoisotopic (exact) mass is 309 g/mol. The summed E-state index contributed by atoms with van der Waals surface area (Å²) in [4.78, 5) is 24.4. The maximum Gasteiger partial charge on any atom is 0.335 e. The van der Waals surface area contributed by atoms with E-state index in [1.807, 2.05) is 0 Å². The first-order chi connectivity index (χ1) is 9.90. The van der Waals surface area contributed by atoms with E-state index in [2.05, 4.69) is 13.8 Å². The van der Waals surface area contributed by atoms with Crippen LogP contribution in [0, 0.1) is 5.92 Å². The molecule has 0 fully saturated rings. The molecular weight excluding hydrogens is 286 g/mol. The van der Waals surface area contributed by atoms with Gasteiger partial charge in [-0.1, -0.05) is 26.0 Å². The van der Waals surface area contributed by atoms with E-state index in [0.29, 0.717) is 18.2 Å². The number of carbonyl (C=O) groups excluding carboxylic acids is 1. The van der Waals surface area contributed by atoms with E-state index in [-0.39, 0.29) is 11.5 Å². The second-order valence-corrected chi connectivity index (χ2v) is 6.59. The van der Waals surface area contributed by atoms with Crippen LogP contribution < -0.4 is 0 Å². The van der Waals surface area contributed by atoms with E-state index in [4.69, 9.17) is 5.11 Å². The number of benzene rings is 1. The molecule has 5 heteroatoms. The number of hydrogen-bond donors (Lipinski definition) is 1. The molecule has 0 atom stereocenters. The molecule has 0 aliphatic heterocycles. The number of carboxylic acids is 1. The molecule has 1 rings (SSSR count). The molecular formula is C16H23NO3S. The van der Waals surface area contributed by atoms with Crippen LogP contribution in [0.2, 0.25) is 0 Å². The Labute approximate surface area is 130 Å². The Kier molecular flexibility index (Phi) is 7.29. The smallest absolute Gasteiger partial charge is 0.335 e. The van der Waals surface area contributed by atoms with Crippen LogP contribution in [-0.4, -0.2) is 40.4 Å². The van der Waals surface area contributed by atoms with Gasteiger partial charge < -0.3 is 10.0 Å². The van der Waals surface area contributed by atoms with Gasteiger partial charge in [-0.05, 0) is 35.8 Å². The second kappa shape index (κ2) is 8.72. The minimum absolute atomic E-state index is 0.103. The minimum atomic E-state index is -0.937. The lowest BCUT2D eigenvalue weighted by Crippen LogP contribution is -2.28. The molecule has 116 valence electrons. The van der Waals surface area contributed by atoms with Crippen molar-refractivity contribution in [2.24, 2.45) is 5.92 Å². The number of aromatic carboxylic acids is 1. The predicted molar refractivity (Wildman–Crippen MR) is 86.7 cm³/mol. The zero-order chi connectivity index (χ0) is 15.8. The first-order valence-corrected chi connectivity index (χ1v) is 8.19. The number of nitrogens with zero attached hydrogens (tertiary/aromatic N) is 1. The van der Waals surface area contributed by atoms with E-state index in [0.717, 1.165) is 17.7 Å². The Morgan fingerprint density at radius 2 is 1.86 bits per heavy atom. The quantitative estimate of drug-likeness (QED) is 0.750. The second-order valence-electron chi connectivity index (χ2n) is 5.49. The number of carbonyl (C=O) groups is 2. The van der Waals surface area contributed by atoms with Gasteiger partial charge in [0.25, 0.3) is 0 Å². The first-order valence-electron chi connectivity index (χ1n) is 7.04. The average molecular weight is 309 g/mol. The van der Waals surface area contributed by atoms with E-state index >= 15 is 0 Å². The molecule has 0 saturated heterocycles. The molecule has 0 bridgehead atoms. The van der Waals surface area contributed by atoms with Crippen LogP contribution in [0.5, 0.6) is 0 Å². The topological polar surface area (TPSA) is 57.6 Å². The molecule has 0 radical (unpaired) electrons. The number of rotatable bonds is 8. The van der Waals surface area contributed by atoms with Crippen molar-refractivity contribution in [2.45, 2.75) is 26.8 Å². The molecule has 0 aliphatic rings. The van der Waals surface area contributed by atoms with Gasteiger partial charge in [-0.15, -0.1) is 0 Å². The lowest BCUT2D eigenvalue weighted by molar-refractivity contribution is -0.127. The maximum atomic E-state index is 12.0. The summed E-state index contributed by atoms with van der Waals surface area (Å²) in [6.07, 6.45) is 1.12. The van der Waals surface area contributed by atoms with Gasteiger partial charge in [0.05, 0.1) is 11.3 Å². The van der Waals surface area contributed by atoms with Crippen molar-refractivity contribution < 1.29 is 14.7 Å². The highest BCUT2D eigenvalue weighted by Gasteiger charge is 2.10. The van der Waals surface area contributed by atoms with Gasteiger partial charge >= 0.3 is 5.97 Å². The molecule has 1 aromatic rings. The van der Waals surface area contributed by atoms with E-state index in [1.54, 1.807) is 48.0 Å². The summed E-state index contributed by atoms with van der Waals surface area (Å²) >= 11 is 1.67. The molecule has 0 unspecified atom stereocenters. The molecule has 0 spiro atoms. The third-order valence-corrected chi connectivity index (χ3v) is 4.09. The van der Waals surface area contributed by atoms with Gasteiger partial charge in [0.2, 0.25) is 5.91 Å². The molecule has 4 nitrogen and oxygen atoms in total. The van der Waals surface area contributed by atoms with E-state index in [1.165, 1.54) is 0 Å². The van der Waals surface area contributed by atoms with Crippen molar-refractivity contribution in [1.82, 2.24) is 4.90 Å². The summed E-state index contributed by atoms with van der Waals surface area (Å²) in [7, 11) is 1.77. The minimum Gasteiger partial charge on any atom is -0.478 e. The summed E-state index contributed by atoms with van der Waals surface area (Å²) in [5.41, 5.74) is 1.19. The molecule has 0 aromatic heterocycles. The summed E-state index contributed by atoms with van der Waals surface area (Å²) in [5.74, 6) is 1.33. The van der Waals surface area contributed by atoms with Gasteiger partial charge in [0, 0.05) is 13.6 Å². The van der Waals surface area contributed by atoms with E-state index in [9.17, 15) is 9.59 Å². The van der Waals surface area contributed by atoms with Crippen LogP contribution >= 0.6 is 11.8 Å². The highest BCUT2D eigenvalue weighted by Crippen LogP contribution is 2.11. The van der Waals surface area contributed by atoms with Crippen molar-refractivity contribution in [1.29, 1.82) is 0 Å². The van der Waals surface area contributed by atoms with Gasteiger partial charge in [0.15, 0.2) is 0 Å². The number of thioether (sulfide) groups is 1. The van der Waals surface area contributed by atoms with Crippen LogP contribution in [-0.2, 0) is 11.3 Å². The maximum absolute atomic E-state index is 12.0. The van der Waals surface area contributed by atoms with Crippen LogP contribution in [0.25, 0.3) is 0 Å². The highest BCUT2D eigenvalue weighted by molar-refractivity contribution is 7.99. The van der Waals surface area contributed by atoms with Crippen molar-refractivity contribution >= 4 is 23.6 Å². The fourth-order valence-corrected chi connectivity index (χ4v) is 2.88. The Hall–Kier alpha value is -1.49. The van der Waals surface area contributed by atoms with Gasteiger partial charge in [-0.25, -0.2) is 4.79 Å². The standard InChI is InChI=1S/C16H23NO3S/c1-12(2)8-9-21-11-15(18)17(3)10-13-4-6-14(7-5-13)16(19)20/h4-7,12H,8-11H2,1-3H3,(H,19,20). The lowest BCUT2D eigenvalue weighted by atomic mass is 10.1. The number of hydrogen-bond acceptors (Lipinski definition) is 3. The Morgan fingerprint density at radius 3 is 2.38 bits per heavy atom.